The van der Waals surface area contributed by atoms with Gasteiger partial charge < -0.3 is 19.1 Å². The van der Waals surface area contributed by atoms with Crippen LogP contribution >= 0.6 is 0 Å². The first-order chi connectivity index (χ1) is 11.7. The van der Waals surface area contributed by atoms with Crippen LogP contribution in [0.4, 0.5) is 0 Å². The first kappa shape index (κ1) is 16.9. The highest BCUT2D eigenvalue weighted by molar-refractivity contribution is 5.31. The fourth-order valence-electron chi connectivity index (χ4n) is 2.84. The van der Waals surface area contributed by atoms with Gasteiger partial charge in [0.25, 0.3) is 0 Å². The molecule has 0 saturated heterocycles. The van der Waals surface area contributed by atoms with Crippen LogP contribution in [0.25, 0.3) is 0 Å². The van der Waals surface area contributed by atoms with E-state index >= 15 is 0 Å². The number of aliphatic hydroxyl groups is 1. The number of nitrogens with zero attached hydrogens (tertiary/aromatic N) is 2. The highest BCUT2D eigenvalue weighted by Gasteiger charge is 2.30. The molecule has 130 valence electrons. The molecule has 1 aliphatic carbocycles. The standard InChI is InChI=1S/C19H26N2O3/c1-20-11-3-4-16(20)12-21(15-5-6-15)13-17(22)14-24-19-9-7-18(23-2)8-10-19/h3-4,7-11,15,17,22H,5-6,12-14H2,1-2H3. The van der Waals surface area contributed by atoms with Gasteiger partial charge in [-0.15, -0.1) is 0 Å². The molecule has 0 aliphatic heterocycles. The molecule has 3 rings (SSSR count). The largest absolute Gasteiger partial charge is 0.497 e. The quantitative estimate of drug-likeness (QED) is 0.767. The van der Waals surface area contributed by atoms with Crippen molar-refractivity contribution >= 4 is 0 Å². The summed E-state index contributed by atoms with van der Waals surface area (Å²) in [7, 11) is 3.70. The molecule has 1 aromatic heterocycles. The monoisotopic (exact) mass is 330 g/mol. The second kappa shape index (κ2) is 7.73. The minimum atomic E-state index is -0.507. The third kappa shape index (κ3) is 4.52. The number of aryl methyl sites for hydroxylation is 1. The van der Waals surface area contributed by atoms with Gasteiger partial charge in [0.05, 0.1) is 7.11 Å². The van der Waals surface area contributed by atoms with Crippen LogP contribution in [0, 0.1) is 0 Å². The second-order valence-corrected chi connectivity index (χ2v) is 6.41. The highest BCUT2D eigenvalue weighted by Crippen LogP contribution is 2.28. The van der Waals surface area contributed by atoms with E-state index in [0.29, 0.717) is 19.2 Å². The van der Waals surface area contributed by atoms with E-state index in [2.05, 4.69) is 34.8 Å². The number of aliphatic hydroxyl groups excluding tert-OH is 1. The van der Waals surface area contributed by atoms with Crippen molar-refractivity contribution in [3.8, 4) is 11.5 Å². The minimum absolute atomic E-state index is 0.294. The van der Waals surface area contributed by atoms with Gasteiger partial charge in [-0.05, 0) is 49.2 Å². The second-order valence-electron chi connectivity index (χ2n) is 6.41. The van der Waals surface area contributed by atoms with Crippen molar-refractivity contribution in [3.05, 3.63) is 48.3 Å². The summed E-state index contributed by atoms with van der Waals surface area (Å²) in [4.78, 5) is 2.36. The van der Waals surface area contributed by atoms with Crippen LogP contribution in [0.2, 0.25) is 0 Å². The number of aromatic nitrogens is 1. The lowest BCUT2D eigenvalue weighted by Gasteiger charge is -2.25. The van der Waals surface area contributed by atoms with E-state index in [-0.39, 0.29) is 0 Å². The van der Waals surface area contributed by atoms with Crippen LogP contribution in [0.1, 0.15) is 18.5 Å². The maximum absolute atomic E-state index is 10.4. The van der Waals surface area contributed by atoms with Crippen LogP contribution in [-0.4, -0.2) is 47.0 Å². The van der Waals surface area contributed by atoms with E-state index in [4.69, 9.17) is 9.47 Å². The third-order valence-electron chi connectivity index (χ3n) is 4.43. The van der Waals surface area contributed by atoms with Crippen molar-refractivity contribution in [2.45, 2.75) is 31.5 Å². The lowest BCUT2D eigenvalue weighted by atomic mass is 10.3. The van der Waals surface area contributed by atoms with Crippen LogP contribution in [0.3, 0.4) is 0 Å². The molecule has 1 unspecified atom stereocenters. The van der Waals surface area contributed by atoms with E-state index in [1.54, 1.807) is 7.11 Å². The zero-order valence-corrected chi connectivity index (χ0v) is 14.4. The van der Waals surface area contributed by atoms with Crippen molar-refractivity contribution in [2.75, 3.05) is 20.3 Å². The molecule has 1 aromatic carbocycles. The number of methoxy groups -OCH3 is 1. The Morgan fingerprint density at radius 2 is 1.92 bits per heavy atom. The molecule has 1 fully saturated rings. The number of hydrogen-bond donors (Lipinski definition) is 1. The Morgan fingerprint density at radius 3 is 2.50 bits per heavy atom. The van der Waals surface area contributed by atoms with Crippen molar-refractivity contribution in [1.82, 2.24) is 9.47 Å². The van der Waals surface area contributed by atoms with Gasteiger partial charge in [0.1, 0.15) is 24.2 Å². The zero-order valence-electron chi connectivity index (χ0n) is 14.4. The SMILES string of the molecule is COc1ccc(OCC(O)CN(Cc2cccn2C)C2CC2)cc1. The smallest absolute Gasteiger partial charge is 0.119 e. The molecular formula is C19H26N2O3. The summed E-state index contributed by atoms with van der Waals surface area (Å²) in [6, 6.07) is 12.2. The lowest BCUT2D eigenvalue weighted by Crippen LogP contribution is -2.37. The summed E-state index contributed by atoms with van der Waals surface area (Å²) in [5.41, 5.74) is 1.27. The van der Waals surface area contributed by atoms with Gasteiger partial charge in [0, 0.05) is 38.1 Å². The molecule has 5 heteroatoms. The van der Waals surface area contributed by atoms with Crippen molar-refractivity contribution in [1.29, 1.82) is 0 Å². The topological polar surface area (TPSA) is 46.9 Å². The maximum atomic E-state index is 10.4. The molecule has 0 radical (unpaired) electrons. The van der Waals surface area contributed by atoms with Crippen LogP contribution in [0.15, 0.2) is 42.6 Å². The van der Waals surface area contributed by atoms with Gasteiger partial charge in [-0.3, -0.25) is 4.90 Å². The molecular weight excluding hydrogens is 304 g/mol. The fraction of sp³-hybridized carbons (Fsp3) is 0.474. The number of rotatable bonds is 9. The molecule has 1 saturated carbocycles. The average Bonchev–Trinajstić information content (AvgIpc) is 3.37. The lowest BCUT2D eigenvalue weighted by molar-refractivity contribution is 0.0619. The Morgan fingerprint density at radius 1 is 1.21 bits per heavy atom. The summed E-state index contributed by atoms with van der Waals surface area (Å²) in [5, 5.41) is 10.4. The third-order valence-corrected chi connectivity index (χ3v) is 4.43. The Hall–Kier alpha value is -1.98. The molecule has 2 aromatic rings. The van der Waals surface area contributed by atoms with Gasteiger partial charge in [0.2, 0.25) is 0 Å². The fourth-order valence-corrected chi connectivity index (χ4v) is 2.84. The van der Waals surface area contributed by atoms with Gasteiger partial charge in [0.15, 0.2) is 0 Å². The predicted octanol–water partition coefficient (Wildman–Crippen LogP) is 2.44. The van der Waals surface area contributed by atoms with Crippen molar-refractivity contribution in [2.24, 2.45) is 7.05 Å². The highest BCUT2D eigenvalue weighted by atomic mass is 16.5. The van der Waals surface area contributed by atoms with Crippen LogP contribution in [-0.2, 0) is 13.6 Å². The number of hydrogen-bond acceptors (Lipinski definition) is 4. The molecule has 1 aliphatic rings. The Kier molecular flexibility index (Phi) is 5.43. The summed E-state index contributed by atoms with van der Waals surface area (Å²) < 4.78 is 13.0. The summed E-state index contributed by atoms with van der Waals surface area (Å²) in [5.74, 6) is 1.54. The molecule has 24 heavy (non-hydrogen) atoms. The minimum Gasteiger partial charge on any atom is -0.497 e. The Labute approximate surface area is 143 Å². The summed E-state index contributed by atoms with van der Waals surface area (Å²) in [6.07, 6.45) is 3.99. The Bertz CT molecular complexity index is 634. The van der Waals surface area contributed by atoms with Gasteiger partial charge in [-0.25, -0.2) is 0 Å². The number of ether oxygens (including phenoxy) is 2. The molecule has 1 N–H and O–H groups in total. The molecule has 1 atom stereocenters. The van der Waals surface area contributed by atoms with Crippen LogP contribution in [0.5, 0.6) is 11.5 Å². The summed E-state index contributed by atoms with van der Waals surface area (Å²) in [6.45, 7) is 1.79. The molecule has 0 spiro atoms. The Balaban J connectivity index is 1.50. The van der Waals surface area contributed by atoms with E-state index in [0.717, 1.165) is 18.0 Å². The normalized spacial score (nSPS) is 15.5. The summed E-state index contributed by atoms with van der Waals surface area (Å²) >= 11 is 0. The molecule has 5 nitrogen and oxygen atoms in total. The average molecular weight is 330 g/mol. The molecule has 0 bridgehead atoms. The van der Waals surface area contributed by atoms with Crippen molar-refractivity contribution in [3.63, 3.8) is 0 Å². The zero-order chi connectivity index (χ0) is 16.9. The van der Waals surface area contributed by atoms with E-state index in [1.165, 1.54) is 18.5 Å². The maximum Gasteiger partial charge on any atom is 0.119 e. The van der Waals surface area contributed by atoms with Crippen LogP contribution < -0.4 is 9.47 Å². The molecule has 0 amide bonds. The van der Waals surface area contributed by atoms with E-state index in [9.17, 15) is 5.11 Å². The van der Waals surface area contributed by atoms with Crippen molar-refractivity contribution < 1.29 is 14.6 Å². The van der Waals surface area contributed by atoms with Gasteiger partial charge >= 0.3 is 0 Å². The van der Waals surface area contributed by atoms with E-state index < -0.39 is 6.10 Å². The first-order valence-corrected chi connectivity index (χ1v) is 8.45. The molecule has 1 heterocycles. The first-order valence-electron chi connectivity index (χ1n) is 8.45. The predicted molar refractivity (Wildman–Crippen MR) is 93.3 cm³/mol. The number of benzene rings is 1. The van der Waals surface area contributed by atoms with Gasteiger partial charge in [-0.2, -0.15) is 0 Å². The van der Waals surface area contributed by atoms with E-state index in [1.807, 2.05) is 24.3 Å². The van der Waals surface area contributed by atoms with Gasteiger partial charge in [-0.1, -0.05) is 0 Å².